The highest BCUT2D eigenvalue weighted by Gasteiger charge is 2.35. The molecule has 1 unspecified atom stereocenters. The van der Waals surface area contributed by atoms with E-state index in [1.807, 2.05) is 30.3 Å². The Bertz CT molecular complexity index is 789. The molecule has 3 rings (SSSR count). The van der Waals surface area contributed by atoms with E-state index in [1.54, 1.807) is 14.0 Å². The lowest BCUT2D eigenvalue weighted by Gasteiger charge is -2.42. The molecule has 0 spiro atoms. The van der Waals surface area contributed by atoms with Crippen molar-refractivity contribution in [1.29, 1.82) is 0 Å². The summed E-state index contributed by atoms with van der Waals surface area (Å²) < 4.78 is 5.34. The average Bonchev–Trinajstić information content (AvgIpc) is 2.68. The number of aliphatic hydroxyl groups excluding tert-OH is 1. The van der Waals surface area contributed by atoms with Crippen LogP contribution in [0.2, 0.25) is 0 Å². The number of hydrogen-bond donors (Lipinski definition) is 1. The number of methoxy groups -OCH3 is 1. The van der Waals surface area contributed by atoms with Crippen molar-refractivity contribution < 1.29 is 14.6 Å². The Labute approximate surface area is 161 Å². The fourth-order valence-corrected chi connectivity index (χ4v) is 4.14. The second-order valence-electron chi connectivity index (χ2n) is 7.76. The number of carbonyl (C=O) groups excluding carboxylic acids is 1. The van der Waals surface area contributed by atoms with E-state index in [2.05, 4.69) is 23.1 Å². The normalized spacial score (nSPS) is 20.4. The van der Waals surface area contributed by atoms with Gasteiger partial charge in [-0.2, -0.15) is 0 Å². The summed E-state index contributed by atoms with van der Waals surface area (Å²) >= 11 is 0. The Morgan fingerprint density at radius 2 is 1.96 bits per heavy atom. The van der Waals surface area contributed by atoms with Crippen molar-refractivity contribution >= 4 is 5.78 Å². The quantitative estimate of drug-likeness (QED) is 0.758. The monoisotopic (exact) mass is 367 g/mol. The number of likely N-dealkylation sites (tertiary alicyclic amines) is 1. The predicted molar refractivity (Wildman–Crippen MR) is 107 cm³/mol. The molecule has 4 nitrogen and oxygen atoms in total. The van der Waals surface area contributed by atoms with Crippen molar-refractivity contribution in [3.63, 3.8) is 0 Å². The van der Waals surface area contributed by atoms with Crippen LogP contribution in [-0.2, 0) is 13.0 Å². The van der Waals surface area contributed by atoms with Gasteiger partial charge in [-0.3, -0.25) is 9.69 Å². The van der Waals surface area contributed by atoms with Gasteiger partial charge < -0.3 is 9.84 Å². The molecule has 1 aliphatic heterocycles. The van der Waals surface area contributed by atoms with E-state index in [0.717, 1.165) is 55.8 Å². The number of nitrogens with zero attached hydrogens (tertiary/aromatic N) is 1. The van der Waals surface area contributed by atoms with E-state index >= 15 is 0 Å². The molecule has 1 N–H and O–H groups in total. The smallest absolute Gasteiger partial charge is 0.159 e. The van der Waals surface area contributed by atoms with Crippen molar-refractivity contribution in [3.8, 4) is 5.75 Å². The Hall–Kier alpha value is -2.17. The highest BCUT2D eigenvalue weighted by Crippen LogP contribution is 2.34. The molecule has 2 aromatic rings. The molecular formula is C23H29NO3. The van der Waals surface area contributed by atoms with Gasteiger partial charge in [-0.25, -0.2) is 0 Å². The van der Waals surface area contributed by atoms with Crippen molar-refractivity contribution in [3.05, 3.63) is 65.2 Å². The van der Waals surface area contributed by atoms with Crippen LogP contribution < -0.4 is 4.74 Å². The highest BCUT2D eigenvalue weighted by molar-refractivity contribution is 5.94. The van der Waals surface area contributed by atoms with Crippen LogP contribution in [0, 0.1) is 5.41 Å². The number of Topliss-reactive ketones (excluding diaryl/α,β-unsaturated/α-hetero) is 1. The fourth-order valence-electron chi connectivity index (χ4n) is 4.14. The van der Waals surface area contributed by atoms with Gasteiger partial charge in [-0.05, 0) is 62.1 Å². The number of hydrogen-bond acceptors (Lipinski definition) is 4. The molecule has 1 fully saturated rings. The first-order valence-corrected chi connectivity index (χ1v) is 9.60. The van der Waals surface area contributed by atoms with Gasteiger partial charge in [0.1, 0.15) is 5.75 Å². The Kier molecular flexibility index (Phi) is 6.30. The zero-order valence-electron chi connectivity index (χ0n) is 16.3. The summed E-state index contributed by atoms with van der Waals surface area (Å²) in [7, 11) is 1.68. The van der Waals surface area contributed by atoms with Gasteiger partial charge in [-0.1, -0.05) is 30.3 Å². The van der Waals surface area contributed by atoms with E-state index in [0.29, 0.717) is 0 Å². The number of ketones is 1. The average molecular weight is 367 g/mol. The minimum Gasteiger partial charge on any atom is -0.497 e. The lowest BCUT2D eigenvalue weighted by Crippen LogP contribution is -2.46. The summed E-state index contributed by atoms with van der Waals surface area (Å²) in [4.78, 5) is 14.0. The Morgan fingerprint density at radius 3 is 2.70 bits per heavy atom. The van der Waals surface area contributed by atoms with E-state index in [-0.39, 0.29) is 17.8 Å². The topological polar surface area (TPSA) is 49.8 Å². The number of piperidine rings is 1. The number of aliphatic hydroxyl groups is 1. The van der Waals surface area contributed by atoms with Gasteiger partial charge in [0.05, 0.1) is 13.7 Å². The molecule has 144 valence electrons. The standard InChI is InChI=1S/C23H29NO3/c1-18(26)21-8-3-7-20(12-21)15-24-11-5-10-23(16-24,17-25)14-19-6-4-9-22(13-19)27-2/h3-4,6-9,12-13,25H,5,10-11,14-17H2,1-2H3. The lowest BCUT2D eigenvalue weighted by atomic mass is 9.75. The zero-order chi connectivity index (χ0) is 19.3. The summed E-state index contributed by atoms with van der Waals surface area (Å²) in [6.45, 7) is 4.45. The molecule has 2 aromatic carbocycles. The molecule has 0 bridgehead atoms. The summed E-state index contributed by atoms with van der Waals surface area (Å²) in [5.41, 5.74) is 2.97. The van der Waals surface area contributed by atoms with Crippen LogP contribution in [0.5, 0.6) is 5.75 Å². The van der Waals surface area contributed by atoms with Crippen LogP contribution in [0.15, 0.2) is 48.5 Å². The molecule has 1 saturated heterocycles. The summed E-state index contributed by atoms with van der Waals surface area (Å²) in [6, 6.07) is 16.0. The summed E-state index contributed by atoms with van der Waals surface area (Å²) in [5.74, 6) is 0.951. The molecule has 1 aliphatic rings. The Balaban J connectivity index is 1.72. The van der Waals surface area contributed by atoms with Crippen LogP contribution >= 0.6 is 0 Å². The molecule has 1 atom stereocenters. The van der Waals surface area contributed by atoms with Gasteiger partial charge in [0, 0.05) is 24.1 Å². The largest absolute Gasteiger partial charge is 0.497 e. The Morgan fingerprint density at radius 1 is 1.19 bits per heavy atom. The van der Waals surface area contributed by atoms with Crippen LogP contribution in [0.25, 0.3) is 0 Å². The zero-order valence-corrected chi connectivity index (χ0v) is 16.3. The molecule has 0 radical (unpaired) electrons. The summed E-state index contributed by atoms with van der Waals surface area (Å²) in [5, 5.41) is 10.2. The molecule has 0 aliphatic carbocycles. The highest BCUT2D eigenvalue weighted by atomic mass is 16.5. The van der Waals surface area contributed by atoms with Crippen molar-refractivity contribution in [1.82, 2.24) is 4.90 Å². The first-order valence-electron chi connectivity index (χ1n) is 9.60. The first kappa shape index (κ1) is 19.6. The van der Waals surface area contributed by atoms with E-state index in [1.165, 1.54) is 5.56 Å². The van der Waals surface area contributed by atoms with E-state index < -0.39 is 0 Å². The number of carbonyl (C=O) groups is 1. The second-order valence-corrected chi connectivity index (χ2v) is 7.76. The second kappa shape index (κ2) is 8.68. The van der Waals surface area contributed by atoms with Gasteiger partial charge in [-0.15, -0.1) is 0 Å². The minimum absolute atomic E-state index is 0.0956. The van der Waals surface area contributed by atoms with Gasteiger partial charge in [0.25, 0.3) is 0 Å². The SMILES string of the molecule is COc1cccc(CC2(CO)CCCN(Cc3cccc(C(C)=O)c3)C2)c1. The van der Waals surface area contributed by atoms with Gasteiger partial charge in [0.15, 0.2) is 5.78 Å². The van der Waals surface area contributed by atoms with Crippen LogP contribution in [0.1, 0.15) is 41.3 Å². The maximum Gasteiger partial charge on any atom is 0.159 e. The molecule has 27 heavy (non-hydrogen) atoms. The van der Waals surface area contributed by atoms with Crippen molar-refractivity contribution in [2.45, 2.75) is 32.7 Å². The number of benzene rings is 2. The first-order chi connectivity index (χ1) is 13.0. The fraction of sp³-hybridized carbons (Fsp3) is 0.435. The van der Waals surface area contributed by atoms with Crippen molar-refractivity contribution in [2.75, 3.05) is 26.8 Å². The van der Waals surface area contributed by atoms with Gasteiger partial charge >= 0.3 is 0 Å². The van der Waals surface area contributed by atoms with Gasteiger partial charge in [0.2, 0.25) is 0 Å². The third-order valence-corrected chi connectivity index (χ3v) is 5.53. The third-order valence-electron chi connectivity index (χ3n) is 5.53. The molecule has 0 aromatic heterocycles. The van der Waals surface area contributed by atoms with Crippen molar-refractivity contribution in [2.24, 2.45) is 5.41 Å². The molecule has 4 heteroatoms. The predicted octanol–water partition coefficient (Wildman–Crippen LogP) is 3.72. The maximum absolute atomic E-state index is 11.6. The third kappa shape index (κ3) is 4.96. The lowest BCUT2D eigenvalue weighted by molar-refractivity contribution is 0.0288. The van der Waals surface area contributed by atoms with Crippen LogP contribution in [-0.4, -0.2) is 42.6 Å². The van der Waals surface area contributed by atoms with Crippen LogP contribution in [0.3, 0.4) is 0 Å². The molecular weight excluding hydrogens is 338 g/mol. The molecule has 0 amide bonds. The maximum atomic E-state index is 11.6. The van der Waals surface area contributed by atoms with Crippen LogP contribution in [0.4, 0.5) is 0 Å². The van der Waals surface area contributed by atoms with E-state index in [9.17, 15) is 9.90 Å². The summed E-state index contributed by atoms with van der Waals surface area (Å²) in [6.07, 6.45) is 2.92. The molecule has 1 heterocycles. The minimum atomic E-state index is -0.136. The molecule has 0 saturated carbocycles. The number of ether oxygens (including phenoxy) is 1. The van der Waals surface area contributed by atoms with E-state index in [4.69, 9.17) is 4.74 Å². The number of rotatable bonds is 7.